The number of aromatic nitrogens is 2. The first kappa shape index (κ1) is 13.6. The standard InChI is InChI=1S/C18H19N3/c1-13(2)12-19-18-15-10-6-7-11-16(15)20-17(21-18)14-8-4-3-5-9-14/h3-11,13H,12H2,1-2H3,(H,19,20,21). The number of hydrogen-bond acceptors (Lipinski definition) is 3. The summed E-state index contributed by atoms with van der Waals surface area (Å²) in [6.45, 7) is 5.28. The van der Waals surface area contributed by atoms with Crippen molar-refractivity contribution < 1.29 is 0 Å². The fourth-order valence-corrected chi connectivity index (χ4v) is 2.23. The number of benzene rings is 2. The third-order valence-electron chi connectivity index (χ3n) is 3.31. The average molecular weight is 277 g/mol. The predicted octanol–water partition coefficient (Wildman–Crippen LogP) is 4.36. The van der Waals surface area contributed by atoms with E-state index in [0.717, 1.165) is 34.7 Å². The number of nitrogens with one attached hydrogen (secondary N) is 1. The first-order valence-electron chi connectivity index (χ1n) is 7.30. The van der Waals surface area contributed by atoms with E-state index in [1.807, 2.05) is 48.5 Å². The van der Waals surface area contributed by atoms with Gasteiger partial charge in [-0.25, -0.2) is 9.97 Å². The molecule has 0 aliphatic rings. The Bertz CT molecular complexity index is 736. The quantitative estimate of drug-likeness (QED) is 0.769. The van der Waals surface area contributed by atoms with Gasteiger partial charge in [-0.2, -0.15) is 0 Å². The van der Waals surface area contributed by atoms with Crippen LogP contribution in [0.15, 0.2) is 54.6 Å². The highest BCUT2D eigenvalue weighted by Gasteiger charge is 2.09. The van der Waals surface area contributed by atoms with Gasteiger partial charge in [0.15, 0.2) is 5.82 Å². The molecule has 0 spiro atoms. The summed E-state index contributed by atoms with van der Waals surface area (Å²) in [5.74, 6) is 2.24. The first-order valence-corrected chi connectivity index (χ1v) is 7.30. The molecule has 3 heteroatoms. The third kappa shape index (κ3) is 3.02. The van der Waals surface area contributed by atoms with Gasteiger partial charge in [0.2, 0.25) is 0 Å². The first-order chi connectivity index (χ1) is 10.2. The molecule has 0 aliphatic carbocycles. The van der Waals surface area contributed by atoms with E-state index in [1.54, 1.807) is 0 Å². The maximum Gasteiger partial charge on any atom is 0.162 e. The number of rotatable bonds is 4. The Morgan fingerprint density at radius 3 is 2.38 bits per heavy atom. The average Bonchev–Trinajstić information content (AvgIpc) is 2.53. The van der Waals surface area contributed by atoms with E-state index in [2.05, 4.69) is 30.2 Å². The second-order valence-electron chi connectivity index (χ2n) is 5.55. The second-order valence-corrected chi connectivity index (χ2v) is 5.55. The number of nitrogens with zero attached hydrogens (tertiary/aromatic N) is 2. The van der Waals surface area contributed by atoms with Crippen LogP contribution in [0.5, 0.6) is 0 Å². The zero-order chi connectivity index (χ0) is 14.7. The molecule has 0 unspecified atom stereocenters. The molecule has 1 N–H and O–H groups in total. The van der Waals surface area contributed by atoms with E-state index in [9.17, 15) is 0 Å². The summed E-state index contributed by atoms with van der Waals surface area (Å²) >= 11 is 0. The van der Waals surface area contributed by atoms with Gasteiger partial charge in [-0.1, -0.05) is 56.3 Å². The SMILES string of the molecule is CC(C)CNc1nc(-c2ccccc2)nc2ccccc12. The van der Waals surface area contributed by atoms with Gasteiger partial charge in [-0.15, -0.1) is 0 Å². The highest BCUT2D eigenvalue weighted by atomic mass is 15.0. The van der Waals surface area contributed by atoms with Gasteiger partial charge in [0.1, 0.15) is 5.82 Å². The van der Waals surface area contributed by atoms with Gasteiger partial charge in [-0.3, -0.25) is 0 Å². The minimum atomic E-state index is 0.568. The topological polar surface area (TPSA) is 37.8 Å². The van der Waals surface area contributed by atoms with E-state index in [-0.39, 0.29) is 0 Å². The Balaban J connectivity index is 2.10. The van der Waals surface area contributed by atoms with Crippen LogP contribution in [0, 0.1) is 5.92 Å². The molecular weight excluding hydrogens is 258 g/mol. The summed E-state index contributed by atoms with van der Waals surface area (Å²) in [6.07, 6.45) is 0. The van der Waals surface area contributed by atoms with Crippen LogP contribution in [-0.2, 0) is 0 Å². The van der Waals surface area contributed by atoms with Crippen molar-refractivity contribution in [2.24, 2.45) is 5.92 Å². The van der Waals surface area contributed by atoms with E-state index < -0.39 is 0 Å². The Morgan fingerprint density at radius 1 is 0.905 bits per heavy atom. The maximum absolute atomic E-state index is 4.72. The van der Waals surface area contributed by atoms with E-state index in [0.29, 0.717) is 5.92 Å². The van der Waals surface area contributed by atoms with Gasteiger partial charge in [0, 0.05) is 17.5 Å². The monoisotopic (exact) mass is 277 g/mol. The van der Waals surface area contributed by atoms with Crippen LogP contribution in [0.2, 0.25) is 0 Å². The smallest absolute Gasteiger partial charge is 0.162 e. The summed E-state index contributed by atoms with van der Waals surface area (Å²) in [7, 11) is 0. The normalized spacial score (nSPS) is 11.0. The van der Waals surface area contributed by atoms with Crippen molar-refractivity contribution in [3.05, 3.63) is 54.6 Å². The molecule has 0 saturated carbocycles. The van der Waals surface area contributed by atoms with Crippen molar-refractivity contribution in [3.63, 3.8) is 0 Å². The summed E-state index contributed by atoms with van der Waals surface area (Å²) in [6, 6.07) is 18.2. The molecule has 0 atom stereocenters. The number of hydrogen-bond donors (Lipinski definition) is 1. The molecule has 0 amide bonds. The Labute approximate surface area is 125 Å². The molecule has 0 bridgehead atoms. The van der Waals surface area contributed by atoms with E-state index in [1.165, 1.54) is 0 Å². The third-order valence-corrected chi connectivity index (χ3v) is 3.31. The molecule has 0 saturated heterocycles. The Kier molecular flexibility index (Phi) is 3.82. The van der Waals surface area contributed by atoms with E-state index in [4.69, 9.17) is 4.98 Å². The largest absolute Gasteiger partial charge is 0.369 e. The lowest BCUT2D eigenvalue weighted by Crippen LogP contribution is -2.10. The van der Waals surface area contributed by atoms with Crippen LogP contribution in [0.4, 0.5) is 5.82 Å². The molecule has 21 heavy (non-hydrogen) atoms. The van der Waals surface area contributed by atoms with Crippen LogP contribution in [0.3, 0.4) is 0 Å². The minimum Gasteiger partial charge on any atom is -0.369 e. The van der Waals surface area contributed by atoms with Crippen LogP contribution in [0.25, 0.3) is 22.3 Å². The maximum atomic E-state index is 4.72. The van der Waals surface area contributed by atoms with Gasteiger partial charge in [0.05, 0.1) is 5.52 Å². The van der Waals surface area contributed by atoms with Crippen molar-refractivity contribution in [1.29, 1.82) is 0 Å². The number of anilines is 1. The molecule has 1 heterocycles. The molecule has 3 rings (SSSR count). The highest BCUT2D eigenvalue weighted by molar-refractivity contribution is 5.90. The summed E-state index contributed by atoms with van der Waals surface area (Å²) in [5, 5.41) is 4.51. The van der Waals surface area contributed by atoms with Gasteiger partial charge in [0.25, 0.3) is 0 Å². The van der Waals surface area contributed by atoms with Gasteiger partial charge >= 0.3 is 0 Å². The van der Waals surface area contributed by atoms with Gasteiger partial charge < -0.3 is 5.32 Å². The summed E-state index contributed by atoms with van der Waals surface area (Å²) in [5.41, 5.74) is 2.01. The fourth-order valence-electron chi connectivity index (χ4n) is 2.23. The van der Waals surface area contributed by atoms with Crippen LogP contribution >= 0.6 is 0 Å². The lowest BCUT2D eigenvalue weighted by molar-refractivity contribution is 0.687. The second kappa shape index (κ2) is 5.92. The zero-order valence-corrected chi connectivity index (χ0v) is 12.4. The predicted molar refractivity (Wildman–Crippen MR) is 88.3 cm³/mol. The molecule has 0 fully saturated rings. The molecule has 0 radical (unpaired) electrons. The molecule has 3 nitrogen and oxygen atoms in total. The molecule has 2 aromatic carbocycles. The summed E-state index contributed by atoms with van der Waals surface area (Å²) in [4.78, 5) is 9.40. The highest BCUT2D eigenvalue weighted by Crippen LogP contribution is 2.24. The van der Waals surface area contributed by atoms with E-state index >= 15 is 0 Å². The van der Waals surface area contributed by atoms with Gasteiger partial charge in [-0.05, 0) is 18.1 Å². The fraction of sp³-hybridized carbons (Fsp3) is 0.222. The lowest BCUT2D eigenvalue weighted by Gasteiger charge is -2.12. The number of fused-ring (bicyclic) bond motifs is 1. The van der Waals surface area contributed by atoms with Crippen molar-refractivity contribution in [2.45, 2.75) is 13.8 Å². The molecular formula is C18H19N3. The molecule has 0 aliphatic heterocycles. The number of para-hydroxylation sites is 1. The molecule has 106 valence electrons. The van der Waals surface area contributed by atoms with Crippen LogP contribution < -0.4 is 5.32 Å². The Morgan fingerprint density at radius 2 is 1.62 bits per heavy atom. The van der Waals surface area contributed by atoms with Crippen LogP contribution in [0.1, 0.15) is 13.8 Å². The zero-order valence-electron chi connectivity index (χ0n) is 12.4. The van der Waals surface area contributed by atoms with Crippen molar-refractivity contribution in [1.82, 2.24) is 9.97 Å². The minimum absolute atomic E-state index is 0.568. The Hall–Kier alpha value is -2.42. The summed E-state index contributed by atoms with van der Waals surface area (Å²) < 4.78 is 0. The lowest BCUT2D eigenvalue weighted by atomic mass is 10.1. The van der Waals surface area contributed by atoms with Crippen LogP contribution in [-0.4, -0.2) is 16.5 Å². The molecule has 3 aromatic rings. The van der Waals surface area contributed by atoms with Crippen molar-refractivity contribution in [2.75, 3.05) is 11.9 Å². The molecule has 1 aromatic heterocycles. The van der Waals surface area contributed by atoms with Crippen molar-refractivity contribution in [3.8, 4) is 11.4 Å². The van der Waals surface area contributed by atoms with Crippen molar-refractivity contribution >= 4 is 16.7 Å².